The van der Waals surface area contributed by atoms with Gasteiger partial charge in [0.1, 0.15) is 30.8 Å². The summed E-state index contributed by atoms with van der Waals surface area (Å²) in [5, 5.41) is 25.0. The van der Waals surface area contributed by atoms with Crippen molar-refractivity contribution in [3.8, 4) is 11.5 Å². The molecule has 0 radical (unpaired) electrons. The first kappa shape index (κ1) is 50.9. The van der Waals surface area contributed by atoms with Crippen molar-refractivity contribution in [2.75, 3.05) is 26.4 Å². The van der Waals surface area contributed by atoms with Crippen LogP contribution < -0.4 is 9.47 Å². The Balaban J connectivity index is 1.45. The van der Waals surface area contributed by atoms with Crippen molar-refractivity contribution in [3.05, 3.63) is 114 Å². The van der Waals surface area contributed by atoms with E-state index in [4.69, 9.17) is 24.2 Å². The topological polar surface area (TPSA) is 123 Å². The number of oxime groups is 1. The minimum atomic E-state index is -1.28. The predicted octanol–water partition coefficient (Wildman–Crippen LogP) is 12.0. The van der Waals surface area contributed by atoms with Gasteiger partial charge in [0.2, 0.25) is 11.7 Å². The molecule has 6 rings (SSSR count). The predicted molar refractivity (Wildman–Crippen MR) is 263 cm³/mol. The van der Waals surface area contributed by atoms with Crippen molar-refractivity contribution in [2.45, 2.75) is 167 Å². The van der Waals surface area contributed by atoms with E-state index < -0.39 is 11.8 Å². The number of aliphatic hydroxyl groups excluding tert-OH is 2. The van der Waals surface area contributed by atoms with Gasteiger partial charge in [0.05, 0.1) is 23.9 Å². The lowest BCUT2D eigenvalue weighted by Gasteiger charge is -2.60. The molecule has 1 aliphatic heterocycles. The first-order valence-corrected chi connectivity index (χ1v) is 25.5. The molecule has 3 aliphatic rings. The van der Waals surface area contributed by atoms with Crippen LogP contribution in [-0.4, -0.2) is 69.9 Å². The summed E-state index contributed by atoms with van der Waals surface area (Å²) in [4.78, 5) is 27.9. The van der Waals surface area contributed by atoms with Gasteiger partial charge in [0, 0.05) is 49.8 Å². The van der Waals surface area contributed by atoms with Crippen LogP contribution >= 0.6 is 0 Å². The number of ether oxygens (including phenoxy) is 3. The molecule has 0 bridgehead atoms. The van der Waals surface area contributed by atoms with Crippen molar-refractivity contribution in [2.24, 2.45) is 22.9 Å². The second kappa shape index (κ2) is 26.7. The fraction of sp³-hybridized carbons (Fsp3) is 0.589. The summed E-state index contributed by atoms with van der Waals surface area (Å²) in [6, 6.07) is 21.7. The number of nitrogens with zero attached hydrogens (tertiary/aromatic N) is 3. The lowest BCUT2D eigenvalue weighted by molar-refractivity contribution is -0.257. The third-order valence-electron chi connectivity index (χ3n) is 13.9. The molecular formula is C56H79N3O7. The van der Waals surface area contributed by atoms with Crippen LogP contribution in [0.3, 0.4) is 0 Å². The molecule has 1 aromatic heterocycles. The molecule has 360 valence electrons. The highest BCUT2D eigenvalue weighted by Gasteiger charge is 2.65. The van der Waals surface area contributed by atoms with Gasteiger partial charge in [0.25, 0.3) is 0 Å². The van der Waals surface area contributed by atoms with Gasteiger partial charge in [0.15, 0.2) is 0 Å². The first-order chi connectivity index (χ1) is 32.4. The van der Waals surface area contributed by atoms with Crippen LogP contribution in [-0.2, 0) is 27.6 Å². The van der Waals surface area contributed by atoms with E-state index in [-0.39, 0.29) is 49.4 Å². The number of hydrogen-bond donors (Lipinski definition) is 2. The SMILES string of the molecule is C=CCOC12Oc3ccc(OCc4cccc(C)n4)cc3C3C(CCCCO)C(CCCCO)C=C(C(=NOCc4ccccc4)CC1N(CCC)C(=O)CCCCCCCCCCC)C32. The highest BCUT2D eigenvalue weighted by molar-refractivity contribution is 6.03. The quantitative estimate of drug-likeness (QED) is 0.0385. The number of hydrogen-bond acceptors (Lipinski definition) is 9. The van der Waals surface area contributed by atoms with Crippen molar-refractivity contribution in [1.29, 1.82) is 0 Å². The third kappa shape index (κ3) is 13.3. The van der Waals surface area contributed by atoms with Crippen LogP contribution in [0.4, 0.5) is 0 Å². The molecule has 2 aliphatic carbocycles. The molecule has 1 fully saturated rings. The minimum absolute atomic E-state index is 0.111. The van der Waals surface area contributed by atoms with Gasteiger partial charge < -0.3 is 34.2 Å². The Morgan fingerprint density at radius 1 is 0.879 bits per heavy atom. The van der Waals surface area contributed by atoms with Gasteiger partial charge in [-0.2, -0.15) is 0 Å². The molecule has 0 spiro atoms. The Labute approximate surface area is 395 Å². The number of fused-ring (bicyclic) bond motifs is 2. The zero-order valence-electron chi connectivity index (χ0n) is 40.3. The number of aromatic nitrogens is 1. The number of unbranched alkanes of at least 4 members (excludes halogenated alkanes) is 10. The molecule has 2 heterocycles. The number of allylic oxidation sites excluding steroid dienone is 1. The maximum atomic E-state index is 14.9. The van der Waals surface area contributed by atoms with E-state index in [1.165, 1.54) is 38.5 Å². The molecule has 0 saturated heterocycles. The van der Waals surface area contributed by atoms with Crippen LogP contribution in [0.25, 0.3) is 0 Å². The molecule has 66 heavy (non-hydrogen) atoms. The monoisotopic (exact) mass is 906 g/mol. The van der Waals surface area contributed by atoms with E-state index in [1.807, 2.05) is 67.6 Å². The number of aliphatic hydroxyl groups is 2. The maximum absolute atomic E-state index is 14.9. The molecule has 1 saturated carbocycles. The van der Waals surface area contributed by atoms with Gasteiger partial charge >= 0.3 is 0 Å². The average molecular weight is 906 g/mol. The Hall–Kier alpha value is -4.51. The Morgan fingerprint density at radius 3 is 2.33 bits per heavy atom. The second-order valence-corrected chi connectivity index (χ2v) is 18.8. The zero-order chi connectivity index (χ0) is 46.6. The van der Waals surface area contributed by atoms with Crippen LogP contribution in [0.2, 0.25) is 0 Å². The zero-order valence-corrected chi connectivity index (χ0v) is 40.3. The number of carbonyl (C=O) groups excluding carboxylic acids is 1. The standard InChI is InChI=1S/C56H79N3O7/c1-5-8-9-10-11-12-13-14-18-30-53(62)59(33-6-2)52-39-50(58-65-40-43-25-16-15-17-26-43)48-37-44(27-19-21-34-60)47(29-20-22-35-61)54-49-38-46(63-41-45-28-23-24-42(4)57-45)31-32-51(49)66-56(52,55(48)54)64-36-7-3/h7,15-17,23-26,28,31-32,37-38,44,47,52,54-55,60-61H,3,5-6,8-14,18-22,27,29-30,33-36,39-41H2,1-2,4H3. The summed E-state index contributed by atoms with van der Waals surface area (Å²) in [6.45, 7) is 12.1. The summed E-state index contributed by atoms with van der Waals surface area (Å²) >= 11 is 0. The van der Waals surface area contributed by atoms with Crippen molar-refractivity contribution >= 4 is 11.6 Å². The Bertz CT molecular complexity index is 2000. The van der Waals surface area contributed by atoms with Crippen molar-refractivity contribution in [1.82, 2.24) is 9.88 Å². The van der Waals surface area contributed by atoms with Crippen LogP contribution in [0.15, 0.2) is 96.2 Å². The maximum Gasteiger partial charge on any atom is 0.239 e. The summed E-state index contributed by atoms with van der Waals surface area (Å²) in [5.41, 5.74) is 5.69. The number of pyridine rings is 1. The Morgan fingerprint density at radius 2 is 1.62 bits per heavy atom. The minimum Gasteiger partial charge on any atom is -0.487 e. The number of carbonyl (C=O) groups is 1. The highest BCUT2D eigenvalue weighted by Crippen LogP contribution is 2.62. The molecule has 2 N–H and O–H groups in total. The summed E-state index contributed by atoms with van der Waals surface area (Å²) in [7, 11) is 0. The summed E-state index contributed by atoms with van der Waals surface area (Å²) in [6.07, 6.45) is 21.3. The van der Waals surface area contributed by atoms with Gasteiger partial charge in [-0.3, -0.25) is 9.78 Å². The van der Waals surface area contributed by atoms with Gasteiger partial charge in [-0.25, -0.2) is 0 Å². The van der Waals surface area contributed by atoms with Crippen molar-refractivity contribution < 1.29 is 34.1 Å². The first-order valence-electron chi connectivity index (χ1n) is 25.5. The van der Waals surface area contributed by atoms with E-state index in [0.717, 1.165) is 96.7 Å². The fourth-order valence-corrected chi connectivity index (χ4v) is 10.8. The van der Waals surface area contributed by atoms with Crippen LogP contribution in [0, 0.1) is 24.7 Å². The van der Waals surface area contributed by atoms with Gasteiger partial charge in [-0.15, -0.1) is 6.58 Å². The number of rotatable bonds is 30. The van der Waals surface area contributed by atoms with E-state index >= 15 is 0 Å². The van der Waals surface area contributed by atoms with Gasteiger partial charge in [-0.05, 0) is 98.8 Å². The number of amides is 1. The second-order valence-electron chi connectivity index (χ2n) is 18.8. The third-order valence-corrected chi connectivity index (χ3v) is 13.9. The van der Waals surface area contributed by atoms with Gasteiger partial charge in [-0.1, -0.05) is 132 Å². The smallest absolute Gasteiger partial charge is 0.239 e. The van der Waals surface area contributed by atoms with Crippen molar-refractivity contribution in [3.63, 3.8) is 0 Å². The molecule has 2 aromatic carbocycles. The normalized spacial score (nSPS) is 22.5. The highest BCUT2D eigenvalue weighted by atomic mass is 16.7. The fourth-order valence-electron chi connectivity index (χ4n) is 10.8. The van der Waals surface area contributed by atoms with E-state index in [0.29, 0.717) is 45.4 Å². The number of aryl methyl sites for hydroxylation is 1. The molecule has 10 heteroatoms. The van der Waals surface area contributed by atoms with E-state index in [2.05, 4.69) is 42.5 Å². The molecule has 1 amide bonds. The van der Waals surface area contributed by atoms with E-state index in [9.17, 15) is 15.0 Å². The molecule has 6 atom stereocenters. The van der Waals surface area contributed by atoms with Crippen LogP contribution in [0.5, 0.6) is 11.5 Å². The van der Waals surface area contributed by atoms with E-state index in [1.54, 1.807) is 6.08 Å². The number of benzene rings is 2. The van der Waals surface area contributed by atoms with Crippen LogP contribution in [0.1, 0.15) is 158 Å². The lowest BCUT2D eigenvalue weighted by Crippen LogP contribution is -2.70. The molecular weight excluding hydrogens is 827 g/mol. The summed E-state index contributed by atoms with van der Waals surface area (Å²) in [5.74, 6) is 0.0232. The summed E-state index contributed by atoms with van der Waals surface area (Å²) < 4.78 is 21.2. The largest absolute Gasteiger partial charge is 0.487 e. The molecule has 10 nitrogen and oxygen atoms in total. The Kier molecular flexibility index (Phi) is 20.6. The molecule has 6 unspecified atom stereocenters. The average Bonchev–Trinajstić information content (AvgIpc) is 3.33. The molecule has 3 aromatic rings. The lowest BCUT2D eigenvalue weighted by atomic mass is 9.55.